The van der Waals surface area contributed by atoms with Crippen LogP contribution >= 0.6 is 11.3 Å². The summed E-state index contributed by atoms with van der Waals surface area (Å²) >= 11 is 0.866. The standard InChI is InChI=1S/C15H19N5O3S2/c1-11-5-3-4-6-12(11)13(21)16-14-17-18-15(24-14)25(22,23)20-9-7-19(2)8-10-20/h3-6H,7-10H2,1-2H3,(H,16,17,21). The molecule has 1 aliphatic heterocycles. The number of likely N-dealkylation sites (N-methyl/N-ethyl adjacent to an activating group) is 1. The molecule has 0 aliphatic carbocycles. The third kappa shape index (κ3) is 3.87. The largest absolute Gasteiger partial charge is 0.304 e. The quantitative estimate of drug-likeness (QED) is 0.795. The van der Waals surface area contributed by atoms with Crippen LogP contribution in [0.5, 0.6) is 0 Å². The minimum Gasteiger partial charge on any atom is -0.304 e. The van der Waals surface area contributed by atoms with Crippen molar-refractivity contribution >= 4 is 32.4 Å². The van der Waals surface area contributed by atoms with Crippen LogP contribution in [0, 0.1) is 6.92 Å². The fraction of sp³-hybridized carbons (Fsp3) is 0.400. The first-order valence-electron chi connectivity index (χ1n) is 7.77. The van der Waals surface area contributed by atoms with Crippen molar-refractivity contribution in [2.24, 2.45) is 0 Å². The normalized spacial score (nSPS) is 16.7. The van der Waals surface area contributed by atoms with Gasteiger partial charge in [-0.15, -0.1) is 10.2 Å². The molecule has 3 rings (SSSR count). The number of aryl methyl sites for hydroxylation is 1. The molecule has 8 nitrogen and oxygen atoms in total. The lowest BCUT2D eigenvalue weighted by atomic mass is 10.1. The number of nitrogens with one attached hydrogen (secondary N) is 1. The minimum atomic E-state index is -3.67. The highest BCUT2D eigenvalue weighted by atomic mass is 32.2. The van der Waals surface area contributed by atoms with Crippen molar-refractivity contribution in [2.75, 3.05) is 38.5 Å². The van der Waals surface area contributed by atoms with Crippen LogP contribution in [0.3, 0.4) is 0 Å². The average Bonchev–Trinajstić information content (AvgIpc) is 3.05. The highest BCUT2D eigenvalue weighted by Gasteiger charge is 2.31. The van der Waals surface area contributed by atoms with Gasteiger partial charge in [0.05, 0.1) is 0 Å². The topological polar surface area (TPSA) is 95.5 Å². The Morgan fingerprint density at radius 1 is 1.16 bits per heavy atom. The van der Waals surface area contributed by atoms with Gasteiger partial charge in [-0.25, -0.2) is 8.42 Å². The van der Waals surface area contributed by atoms with Crippen LogP contribution in [-0.4, -0.2) is 67.0 Å². The van der Waals surface area contributed by atoms with Crippen molar-refractivity contribution in [1.29, 1.82) is 0 Å². The van der Waals surface area contributed by atoms with E-state index < -0.39 is 10.0 Å². The number of hydrogen-bond donors (Lipinski definition) is 1. The van der Waals surface area contributed by atoms with Gasteiger partial charge >= 0.3 is 0 Å². The molecule has 0 bridgehead atoms. The summed E-state index contributed by atoms with van der Waals surface area (Å²) in [6.45, 7) is 4.02. The molecule has 10 heteroatoms. The number of sulfonamides is 1. The van der Waals surface area contributed by atoms with E-state index in [-0.39, 0.29) is 15.4 Å². The van der Waals surface area contributed by atoms with E-state index >= 15 is 0 Å². The molecule has 134 valence electrons. The van der Waals surface area contributed by atoms with Gasteiger partial charge in [0.2, 0.25) is 9.47 Å². The predicted octanol–water partition coefficient (Wildman–Crippen LogP) is 1.03. The Hall–Kier alpha value is -1.88. The Morgan fingerprint density at radius 3 is 2.52 bits per heavy atom. The molecule has 2 aromatic rings. The van der Waals surface area contributed by atoms with Gasteiger partial charge in [-0.2, -0.15) is 4.31 Å². The molecule has 0 atom stereocenters. The number of nitrogens with zero attached hydrogens (tertiary/aromatic N) is 4. The Balaban J connectivity index is 1.74. The highest BCUT2D eigenvalue weighted by molar-refractivity contribution is 7.91. The Kier molecular flexibility index (Phi) is 5.13. The first-order chi connectivity index (χ1) is 11.9. The minimum absolute atomic E-state index is 0.0999. The molecule has 0 spiro atoms. The van der Waals surface area contributed by atoms with E-state index in [4.69, 9.17) is 0 Å². The third-order valence-corrected chi connectivity index (χ3v) is 7.12. The molecule has 1 amide bonds. The SMILES string of the molecule is Cc1ccccc1C(=O)Nc1nnc(S(=O)(=O)N2CCN(C)CC2)s1. The Labute approximate surface area is 150 Å². The molecule has 1 N–H and O–H groups in total. The number of carbonyl (C=O) groups excluding carboxylic acids is 1. The van der Waals surface area contributed by atoms with Gasteiger partial charge in [0.1, 0.15) is 0 Å². The zero-order valence-electron chi connectivity index (χ0n) is 14.0. The highest BCUT2D eigenvalue weighted by Crippen LogP contribution is 2.24. The molecule has 1 fully saturated rings. The summed E-state index contributed by atoms with van der Waals surface area (Å²) in [4.78, 5) is 14.4. The Morgan fingerprint density at radius 2 is 1.84 bits per heavy atom. The molecule has 1 aromatic heterocycles. The molecule has 1 saturated heterocycles. The molecule has 0 unspecified atom stereocenters. The summed E-state index contributed by atoms with van der Waals surface area (Å²) in [5.41, 5.74) is 1.34. The van der Waals surface area contributed by atoms with Gasteiger partial charge < -0.3 is 4.90 Å². The summed E-state index contributed by atoms with van der Waals surface area (Å²) in [5, 5.41) is 10.4. The molecule has 1 aliphatic rings. The van der Waals surface area contributed by atoms with Crippen LogP contribution in [0.1, 0.15) is 15.9 Å². The zero-order valence-corrected chi connectivity index (χ0v) is 15.6. The molecular formula is C15H19N5O3S2. The number of hydrogen-bond acceptors (Lipinski definition) is 7. The zero-order chi connectivity index (χ0) is 18.0. The van der Waals surface area contributed by atoms with Gasteiger partial charge in [-0.1, -0.05) is 29.5 Å². The molecular weight excluding hydrogens is 362 g/mol. The monoisotopic (exact) mass is 381 g/mol. The number of rotatable bonds is 4. The third-order valence-electron chi connectivity index (χ3n) is 4.04. The number of benzene rings is 1. The van der Waals surface area contributed by atoms with Crippen LogP contribution in [0.15, 0.2) is 28.6 Å². The maximum absolute atomic E-state index is 12.6. The van der Waals surface area contributed by atoms with Gasteiger partial charge in [0, 0.05) is 31.7 Å². The van der Waals surface area contributed by atoms with Crippen molar-refractivity contribution in [2.45, 2.75) is 11.3 Å². The number of anilines is 1. The fourth-order valence-corrected chi connectivity index (χ4v) is 4.95. The number of piperazine rings is 1. The van der Waals surface area contributed by atoms with Crippen molar-refractivity contribution < 1.29 is 13.2 Å². The summed E-state index contributed by atoms with van der Waals surface area (Å²) < 4.78 is 26.5. The smallest absolute Gasteiger partial charge is 0.272 e. The van der Waals surface area contributed by atoms with E-state index in [0.29, 0.717) is 31.7 Å². The van der Waals surface area contributed by atoms with Crippen molar-refractivity contribution in [3.63, 3.8) is 0 Å². The first kappa shape index (κ1) is 17.9. The van der Waals surface area contributed by atoms with Crippen LogP contribution in [0.2, 0.25) is 0 Å². The molecule has 0 radical (unpaired) electrons. The molecule has 2 heterocycles. The summed E-state index contributed by atoms with van der Waals surface area (Å²) in [6.07, 6.45) is 0. The van der Waals surface area contributed by atoms with Crippen molar-refractivity contribution in [3.05, 3.63) is 35.4 Å². The molecule has 25 heavy (non-hydrogen) atoms. The van der Waals surface area contributed by atoms with Gasteiger partial charge in [-0.3, -0.25) is 10.1 Å². The van der Waals surface area contributed by atoms with E-state index in [9.17, 15) is 13.2 Å². The molecule has 1 aromatic carbocycles. The van der Waals surface area contributed by atoms with E-state index in [0.717, 1.165) is 16.9 Å². The second-order valence-electron chi connectivity index (χ2n) is 5.85. The fourth-order valence-electron chi connectivity index (χ4n) is 2.50. The summed E-state index contributed by atoms with van der Waals surface area (Å²) in [5.74, 6) is -0.335. The first-order valence-corrected chi connectivity index (χ1v) is 10.0. The van der Waals surface area contributed by atoms with E-state index in [1.807, 2.05) is 26.1 Å². The summed E-state index contributed by atoms with van der Waals surface area (Å²) in [6, 6.07) is 7.15. The average molecular weight is 381 g/mol. The molecule has 0 saturated carbocycles. The van der Waals surface area contributed by atoms with Crippen LogP contribution < -0.4 is 5.32 Å². The van der Waals surface area contributed by atoms with Gasteiger partial charge in [-0.05, 0) is 25.6 Å². The van der Waals surface area contributed by atoms with Gasteiger partial charge in [0.15, 0.2) is 0 Å². The number of amides is 1. The maximum atomic E-state index is 12.6. The van der Waals surface area contributed by atoms with E-state index in [1.54, 1.807) is 12.1 Å². The van der Waals surface area contributed by atoms with Crippen molar-refractivity contribution in [1.82, 2.24) is 19.4 Å². The lowest BCUT2D eigenvalue weighted by molar-refractivity contribution is 0.102. The predicted molar refractivity (Wildman–Crippen MR) is 95.3 cm³/mol. The lowest BCUT2D eigenvalue weighted by Crippen LogP contribution is -2.46. The van der Waals surface area contributed by atoms with Crippen LogP contribution in [0.4, 0.5) is 5.13 Å². The number of carbonyl (C=O) groups is 1. The number of aromatic nitrogens is 2. The van der Waals surface area contributed by atoms with E-state index in [2.05, 4.69) is 20.4 Å². The van der Waals surface area contributed by atoms with E-state index in [1.165, 1.54) is 4.31 Å². The Bertz CT molecular complexity index is 873. The second-order valence-corrected chi connectivity index (χ2v) is 8.94. The maximum Gasteiger partial charge on any atom is 0.272 e. The van der Waals surface area contributed by atoms with Crippen molar-refractivity contribution in [3.8, 4) is 0 Å². The van der Waals surface area contributed by atoms with Gasteiger partial charge in [0.25, 0.3) is 15.9 Å². The van der Waals surface area contributed by atoms with Crippen LogP contribution in [0.25, 0.3) is 0 Å². The van der Waals surface area contributed by atoms with Crippen LogP contribution in [-0.2, 0) is 10.0 Å². The lowest BCUT2D eigenvalue weighted by Gasteiger charge is -2.30. The summed E-state index contributed by atoms with van der Waals surface area (Å²) in [7, 11) is -1.72. The second kappa shape index (κ2) is 7.16.